The molecule has 0 bridgehead atoms. The fourth-order valence-corrected chi connectivity index (χ4v) is 3.91. The van der Waals surface area contributed by atoms with Crippen LogP contribution >= 0.6 is 11.8 Å². The average molecular weight is 428 g/mol. The second-order valence-corrected chi connectivity index (χ2v) is 8.13. The van der Waals surface area contributed by atoms with E-state index in [1.807, 2.05) is 49.0 Å². The molecule has 0 N–H and O–H groups in total. The Morgan fingerprint density at radius 3 is 2.47 bits per heavy atom. The summed E-state index contributed by atoms with van der Waals surface area (Å²) in [4.78, 5) is 5.02. The van der Waals surface area contributed by atoms with Gasteiger partial charge < -0.3 is 14.3 Å². The molecular formula is C25H33NO3S. The Morgan fingerprint density at radius 2 is 1.80 bits per heavy atom. The van der Waals surface area contributed by atoms with E-state index in [0.29, 0.717) is 13.2 Å². The molecule has 0 aliphatic carbocycles. The number of ether oxygens (including phenoxy) is 2. The Balaban J connectivity index is 1.73. The third-order valence-corrected chi connectivity index (χ3v) is 5.55. The monoisotopic (exact) mass is 427 g/mol. The van der Waals surface area contributed by atoms with E-state index in [1.165, 1.54) is 5.56 Å². The maximum atomic E-state index is 6.06. The van der Waals surface area contributed by atoms with Crippen LogP contribution in [0.2, 0.25) is 0 Å². The normalized spacial score (nSPS) is 11.7. The van der Waals surface area contributed by atoms with E-state index >= 15 is 0 Å². The van der Waals surface area contributed by atoms with Crippen LogP contribution in [0.1, 0.15) is 30.0 Å². The van der Waals surface area contributed by atoms with Crippen molar-refractivity contribution >= 4 is 17.5 Å². The molecule has 5 heteroatoms. The highest BCUT2D eigenvalue weighted by Crippen LogP contribution is 2.28. The summed E-state index contributed by atoms with van der Waals surface area (Å²) >= 11 is 1.86. The lowest BCUT2D eigenvalue weighted by Crippen LogP contribution is -2.09. The largest absolute Gasteiger partial charge is 0.493 e. The van der Waals surface area contributed by atoms with Crippen molar-refractivity contribution in [3.8, 4) is 11.5 Å². The number of allylic oxidation sites excluding steroid dienone is 1. The Morgan fingerprint density at radius 1 is 1.07 bits per heavy atom. The van der Waals surface area contributed by atoms with E-state index in [9.17, 15) is 0 Å². The average Bonchev–Trinajstić information content (AvgIpc) is 2.73. The number of hydrogen-bond donors (Lipinski definition) is 0. The number of nitrogens with zero attached hydrogens (tertiary/aromatic N) is 1. The highest BCUT2D eigenvalue weighted by molar-refractivity contribution is 7.99. The van der Waals surface area contributed by atoms with Gasteiger partial charge in [-0.3, -0.25) is 0 Å². The van der Waals surface area contributed by atoms with Crippen molar-refractivity contribution in [2.24, 2.45) is 5.16 Å². The number of aryl methyl sites for hydroxylation is 2. The van der Waals surface area contributed by atoms with Crippen LogP contribution in [0.15, 0.2) is 59.8 Å². The maximum absolute atomic E-state index is 6.06. The number of benzene rings is 2. The van der Waals surface area contributed by atoms with Crippen molar-refractivity contribution in [1.29, 1.82) is 0 Å². The molecule has 0 spiro atoms. The van der Waals surface area contributed by atoms with Crippen molar-refractivity contribution in [2.45, 2.75) is 33.6 Å². The van der Waals surface area contributed by atoms with E-state index in [0.717, 1.165) is 52.7 Å². The van der Waals surface area contributed by atoms with Crippen LogP contribution in [0.4, 0.5) is 0 Å². The summed E-state index contributed by atoms with van der Waals surface area (Å²) in [5.41, 5.74) is 4.52. The molecule has 0 unspecified atom stereocenters. The third-order valence-electron chi connectivity index (χ3n) is 4.44. The van der Waals surface area contributed by atoms with Gasteiger partial charge in [0.15, 0.2) is 0 Å². The van der Waals surface area contributed by atoms with Gasteiger partial charge >= 0.3 is 0 Å². The molecule has 2 aromatic rings. The predicted octanol–water partition coefficient (Wildman–Crippen LogP) is 6.01. The second-order valence-electron chi connectivity index (χ2n) is 7.02. The molecule has 4 nitrogen and oxygen atoms in total. The molecule has 0 amide bonds. The smallest absolute Gasteiger partial charge is 0.125 e. The van der Waals surface area contributed by atoms with Gasteiger partial charge in [0, 0.05) is 12.2 Å². The Kier molecular flexibility index (Phi) is 10.9. The summed E-state index contributed by atoms with van der Waals surface area (Å²) in [6.45, 7) is 7.41. The number of hydrogen-bond acceptors (Lipinski definition) is 5. The Hall–Kier alpha value is -2.40. The topological polar surface area (TPSA) is 40.0 Å². The molecule has 0 aromatic heterocycles. The molecule has 162 valence electrons. The second kappa shape index (κ2) is 13.8. The standard InChI is InChI=1S/C25H33NO3S/c1-5-6-13-28-24-16-20(2)25(21(3)17-24)29-14-10-15-30-19-23(26-27-4)18-22-11-8-7-9-12-22/h5-9,11-12,16-17H,10,13-15,18-19H2,1-4H3/b6-5+,26-23+. The number of oxime groups is 1. The maximum Gasteiger partial charge on any atom is 0.125 e. The van der Waals surface area contributed by atoms with Gasteiger partial charge in [-0.2, -0.15) is 11.8 Å². The minimum Gasteiger partial charge on any atom is -0.493 e. The first-order chi connectivity index (χ1) is 14.6. The van der Waals surface area contributed by atoms with Gasteiger partial charge in [-0.05, 0) is 61.8 Å². The first-order valence-corrected chi connectivity index (χ1v) is 11.5. The fourth-order valence-electron chi connectivity index (χ4n) is 3.06. The molecule has 2 aromatic carbocycles. The van der Waals surface area contributed by atoms with E-state index in [1.54, 1.807) is 7.11 Å². The zero-order chi connectivity index (χ0) is 21.6. The van der Waals surface area contributed by atoms with Crippen LogP contribution < -0.4 is 9.47 Å². The van der Waals surface area contributed by atoms with Crippen LogP contribution in [0.25, 0.3) is 0 Å². The lowest BCUT2D eigenvalue weighted by atomic mass is 10.1. The quantitative estimate of drug-likeness (QED) is 0.170. The lowest BCUT2D eigenvalue weighted by molar-refractivity contribution is 0.212. The Bertz CT molecular complexity index is 795. The summed E-state index contributed by atoms with van der Waals surface area (Å²) in [5, 5.41) is 4.19. The number of thioether (sulfide) groups is 1. The molecule has 30 heavy (non-hydrogen) atoms. The third kappa shape index (κ3) is 8.54. The van der Waals surface area contributed by atoms with Crippen LogP contribution in [0, 0.1) is 13.8 Å². The summed E-state index contributed by atoms with van der Waals surface area (Å²) in [7, 11) is 1.60. The zero-order valence-electron chi connectivity index (χ0n) is 18.5. The highest BCUT2D eigenvalue weighted by atomic mass is 32.2. The molecule has 0 atom stereocenters. The first-order valence-electron chi connectivity index (χ1n) is 10.3. The molecule has 0 fully saturated rings. The molecule has 0 heterocycles. The predicted molar refractivity (Wildman–Crippen MR) is 128 cm³/mol. The van der Waals surface area contributed by atoms with E-state index in [-0.39, 0.29) is 0 Å². The fraction of sp³-hybridized carbons (Fsp3) is 0.400. The van der Waals surface area contributed by atoms with Crippen molar-refractivity contribution < 1.29 is 14.3 Å². The summed E-state index contributed by atoms with van der Waals surface area (Å²) in [5.74, 6) is 3.72. The van der Waals surface area contributed by atoms with Gasteiger partial charge in [0.1, 0.15) is 25.2 Å². The summed E-state index contributed by atoms with van der Waals surface area (Å²) in [6, 6.07) is 14.4. The van der Waals surface area contributed by atoms with Gasteiger partial charge in [-0.1, -0.05) is 47.6 Å². The summed E-state index contributed by atoms with van der Waals surface area (Å²) in [6.07, 6.45) is 5.78. The van der Waals surface area contributed by atoms with Gasteiger partial charge in [-0.25, -0.2) is 0 Å². The SMILES string of the molecule is C/C=C/COc1cc(C)c(OCCCSC/C(Cc2ccccc2)=N/OC)c(C)c1. The minimum atomic E-state index is 0.589. The van der Waals surface area contributed by atoms with E-state index < -0.39 is 0 Å². The van der Waals surface area contributed by atoms with Gasteiger partial charge in [0.25, 0.3) is 0 Å². The lowest BCUT2D eigenvalue weighted by Gasteiger charge is -2.14. The highest BCUT2D eigenvalue weighted by Gasteiger charge is 2.08. The van der Waals surface area contributed by atoms with E-state index in [2.05, 4.69) is 43.3 Å². The molecule has 0 saturated heterocycles. The molecule has 0 saturated carbocycles. The molecular weight excluding hydrogens is 394 g/mol. The van der Waals surface area contributed by atoms with Crippen molar-refractivity contribution in [2.75, 3.05) is 31.8 Å². The van der Waals surface area contributed by atoms with Gasteiger partial charge in [0.05, 0.1) is 12.3 Å². The Labute approximate surface area is 185 Å². The van der Waals surface area contributed by atoms with E-state index in [4.69, 9.17) is 14.3 Å². The molecule has 2 rings (SSSR count). The van der Waals surface area contributed by atoms with Crippen molar-refractivity contribution in [3.05, 3.63) is 71.3 Å². The molecule has 0 aliphatic rings. The van der Waals surface area contributed by atoms with Crippen LogP contribution in [-0.2, 0) is 11.3 Å². The van der Waals surface area contributed by atoms with Crippen molar-refractivity contribution in [3.63, 3.8) is 0 Å². The van der Waals surface area contributed by atoms with Crippen LogP contribution in [0.5, 0.6) is 11.5 Å². The first kappa shape index (κ1) is 23.9. The minimum absolute atomic E-state index is 0.589. The zero-order valence-corrected chi connectivity index (χ0v) is 19.3. The van der Waals surface area contributed by atoms with Gasteiger partial charge in [-0.15, -0.1) is 0 Å². The molecule has 0 aliphatic heterocycles. The van der Waals surface area contributed by atoms with Crippen LogP contribution in [-0.4, -0.2) is 37.5 Å². The molecule has 0 radical (unpaired) electrons. The number of rotatable bonds is 13. The summed E-state index contributed by atoms with van der Waals surface area (Å²) < 4.78 is 11.8. The van der Waals surface area contributed by atoms with Crippen molar-refractivity contribution in [1.82, 2.24) is 0 Å². The van der Waals surface area contributed by atoms with Crippen LogP contribution in [0.3, 0.4) is 0 Å². The van der Waals surface area contributed by atoms with Gasteiger partial charge in [0.2, 0.25) is 0 Å².